The van der Waals surface area contributed by atoms with Crippen LogP contribution in [0.2, 0.25) is 0 Å². The Morgan fingerprint density at radius 2 is 2.03 bits per heavy atom. The zero-order chi connectivity index (χ0) is 23.5. The molecule has 2 aliphatic rings. The number of hydrogen-bond donors (Lipinski definition) is 1. The number of halogens is 5. The Morgan fingerprint density at radius 1 is 1.31 bits per heavy atom. The zero-order valence-electron chi connectivity index (χ0n) is 17.1. The van der Waals surface area contributed by atoms with Gasteiger partial charge >= 0.3 is 6.18 Å². The van der Waals surface area contributed by atoms with Crippen molar-refractivity contribution in [3.8, 4) is 0 Å². The number of amides is 2. The summed E-state index contributed by atoms with van der Waals surface area (Å²) >= 11 is 0. The normalized spacial score (nSPS) is 18.8. The molecular formula is C20H24F5N4O3-. The first-order chi connectivity index (χ1) is 15.1. The first-order valence-corrected chi connectivity index (χ1v) is 10.2. The van der Waals surface area contributed by atoms with Crippen LogP contribution in [-0.4, -0.2) is 68.1 Å². The quantitative estimate of drug-likeness (QED) is 0.598. The summed E-state index contributed by atoms with van der Waals surface area (Å²) < 4.78 is 72.2. The van der Waals surface area contributed by atoms with Gasteiger partial charge in [0.2, 0.25) is 5.91 Å². The average molecular weight is 463 g/mol. The Morgan fingerprint density at radius 3 is 2.56 bits per heavy atom. The van der Waals surface area contributed by atoms with E-state index in [1.807, 2.05) is 0 Å². The lowest BCUT2D eigenvalue weighted by Gasteiger charge is -2.42. The molecule has 0 spiro atoms. The fourth-order valence-corrected chi connectivity index (χ4v) is 3.82. The van der Waals surface area contributed by atoms with Crippen molar-refractivity contribution >= 4 is 23.2 Å². The van der Waals surface area contributed by atoms with E-state index in [9.17, 15) is 31.5 Å². The molecule has 1 heterocycles. The Hall–Kier alpha value is -2.31. The standard InChI is InChI=1S/C20H24F5N4O3/c21-17(22)10-29(12-2-1-3-12)16(9-26)19(31)27-15-5-4-13(8-14(15)20(23,24)25)28-6-7-32-11-18(28)30/h4-5,8,12,16-17,26H,1-3,6-7,9-11H2,(H,27,31)/q-1/t16-/m0/s1. The molecule has 1 saturated carbocycles. The minimum absolute atomic E-state index is 0.00876. The molecule has 1 atom stereocenters. The fraction of sp³-hybridized carbons (Fsp3) is 0.600. The van der Waals surface area contributed by atoms with Gasteiger partial charge in [-0.1, -0.05) is 6.42 Å². The van der Waals surface area contributed by atoms with Crippen molar-refractivity contribution in [2.75, 3.05) is 43.1 Å². The lowest BCUT2D eigenvalue weighted by molar-refractivity contribution is -0.137. The van der Waals surface area contributed by atoms with E-state index in [2.05, 4.69) is 5.32 Å². The molecule has 0 unspecified atom stereocenters. The number of rotatable bonds is 8. The second-order valence-corrected chi connectivity index (χ2v) is 7.71. The van der Waals surface area contributed by atoms with E-state index in [1.54, 1.807) is 0 Å². The number of morpholine rings is 1. The molecule has 0 radical (unpaired) electrons. The predicted molar refractivity (Wildman–Crippen MR) is 107 cm³/mol. The van der Waals surface area contributed by atoms with Gasteiger partial charge in [-0.25, -0.2) is 8.78 Å². The fourth-order valence-electron chi connectivity index (χ4n) is 3.82. The van der Waals surface area contributed by atoms with E-state index >= 15 is 0 Å². The summed E-state index contributed by atoms with van der Waals surface area (Å²) in [5.41, 5.74) is 5.94. The maximum atomic E-state index is 13.7. The molecule has 0 bridgehead atoms. The van der Waals surface area contributed by atoms with E-state index in [0.29, 0.717) is 12.8 Å². The zero-order valence-corrected chi connectivity index (χ0v) is 17.1. The van der Waals surface area contributed by atoms with E-state index in [4.69, 9.17) is 10.5 Å². The van der Waals surface area contributed by atoms with Crippen LogP contribution in [0.25, 0.3) is 5.73 Å². The van der Waals surface area contributed by atoms with Crippen LogP contribution < -0.4 is 10.2 Å². The average Bonchev–Trinajstić information content (AvgIpc) is 2.66. The highest BCUT2D eigenvalue weighted by Crippen LogP contribution is 2.38. The third-order valence-corrected chi connectivity index (χ3v) is 5.65. The number of carbonyl (C=O) groups is 2. The molecule has 2 N–H and O–H groups in total. The summed E-state index contributed by atoms with van der Waals surface area (Å²) in [6.45, 7) is -1.28. The number of nitrogens with one attached hydrogen (secondary N) is 2. The van der Waals surface area contributed by atoms with Crippen molar-refractivity contribution in [1.29, 1.82) is 0 Å². The van der Waals surface area contributed by atoms with Crippen molar-refractivity contribution in [1.82, 2.24) is 4.90 Å². The van der Waals surface area contributed by atoms with Crippen LogP contribution in [0.3, 0.4) is 0 Å². The molecule has 1 aliphatic heterocycles. The summed E-state index contributed by atoms with van der Waals surface area (Å²) in [6, 6.07) is 1.45. The number of nitrogens with zero attached hydrogens (tertiary/aromatic N) is 2. The van der Waals surface area contributed by atoms with Crippen LogP contribution in [0.5, 0.6) is 0 Å². The predicted octanol–water partition coefficient (Wildman–Crippen LogP) is 3.55. The smallest absolute Gasteiger partial charge is 0.418 e. The molecule has 2 fully saturated rings. The molecule has 1 aliphatic carbocycles. The van der Waals surface area contributed by atoms with Crippen molar-refractivity contribution in [3.63, 3.8) is 0 Å². The minimum Gasteiger partial charge on any atom is -0.676 e. The largest absolute Gasteiger partial charge is 0.676 e. The molecule has 3 rings (SSSR count). The maximum Gasteiger partial charge on any atom is 0.418 e. The van der Waals surface area contributed by atoms with E-state index in [1.165, 1.54) is 11.0 Å². The molecule has 12 heteroatoms. The van der Waals surface area contributed by atoms with Crippen LogP contribution >= 0.6 is 0 Å². The number of carbonyl (C=O) groups excluding carboxylic acids is 2. The molecule has 2 amide bonds. The van der Waals surface area contributed by atoms with E-state index in [-0.39, 0.29) is 31.5 Å². The van der Waals surface area contributed by atoms with Crippen molar-refractivity contribution < 1.29 is 36.3 Å². The van der Waals surface area contributed by atoms with Gasteiger partial charge in [-0.3, -0.25) is 14.5 Å². The molecule has 7 nitrogen and oxygen atoms in total. The van der Waals surface area contributed by atoms with Gasteiger partial charge in [0.05, 0.1) is 30.4 Å². The molecule has 1 aromatic carbocycles. The number of hydrogen-bond acceptors (Lipinski definition) is 4. The van der Waals surface area contributed by atoms with Crippen LogP contribution in [0.4, 0.5) is 33.3 Å². The summed E-state index contributed by atoms with van der Waals surface area (Å²) in [7, 11) is 0. The monoisotopic (exact) mass is 463 g/mol. The summed E-state index contributed by atoms with van der Waals surface area (Å²) in [6.07, 6.45) is -5.61. The lowest BCUT2D eigenvalue weighted by atomic mass is 9.90. The van der Waals surface area contributed by atoms with Gasteiger partial charge in [-0.15, -0.1) is 6.54 Å². The van der Waals surface area contributed by atoms with Crippen molar-refractivity contribution in [2.24, 2.45) is 0 Å². The number of anilines is 2. The molecule has 32 heavy (non-hydrogen) atoms. The van der Waals surface area contributed by atoms with Gasteiger partial charge in [-0.2, -0.15) is 13.2 Å². The topological polar surface area (TPSA) is 85.7 Å². The Kier molecular flexibility index (Phi) is 7.67. The molecule has 1 saturated heterocycles. The first-order valence-electron chi connectivity index (χ1n) is 10.2. The van der Waals surface area contributed by atoms with Gasteiger partial charge in [0, 0.05) is 18.3 Å². The van der Waals surface area contributed by atoms with Gasteiger partial charge in [0.25, 0.3) is 12.3 Å². The number of alkyl halides is 5. The first kappa shape index (κ1) is 24.3. The summed E-state index contributed by atoms with van der Waals surface area (Å²) in [5, 5.41) is 2.17. The summed E-state index contributed by atoms with van der Waals surface area (Å²) in [5.74, 6) is -1.44. The Labute approximate surface area is 181 Å². The van der Waals surface area contributed by atoms with E-state index < -0.39 is 54.8 Å². The maximum absolute atomic E-state index is 13.7. The summed E-state index contributed by atoms with van der Waals surface area (Å²) in [4.78, 5) is 27.1. The lowest BCUT2D eigenvalue weighted by Crippen LogP contribution is -2.54. The Balaban J connectivity index is 1.85. The molecular weight excluding hydrogens is 439 g/mol. The van der Waals surface area contributed by atoms with Gasteiger partial charge < -0.3 is 20.7 Å². The Bertz CT molecular complexity index is 832. The number of ether oxygens (including phenoxy) is 1. The van der Waals surface area contributed by atoms with Gasteiger partial charge in [0.15, 0.2) is 0 Å². The SMILES string of the molecule is [NH-]C[C@@H](C(=O)Nc1ccc(N2CCOCC2=O)cc1C(F)(F)F)N(CC(F)F)C1CCC1. The van der Waals surface area contributed by atoms with Crippen LogP contribution in [0.1, 0.15) is 24.8 Å². The van der Waals surface area contributed by atoms with Crippen molar-refractivity contribution in [3.05, 3.63) is 29.5 Å². The highest BCUT2D eigenvalue weighted by Gasteiger charge is 2.38. The third-order valence-electron chi connectivity index (χ3n) is 5.65. The van der Waals surface area contributed by atoms with Gasteiger partial charge in [0.1, 0.15) is 6.61 Å². The van der Waals surface area contributed by atoms with Gasteiger partial charge in [-0.05, 0) is 31.0 Å². The highest BCUT2D eigenvalue weighted by molar-refractivity contribution is 5.98. The highest BCUT2D eigenvalue weighted by atomic mass is 19.4. The molecule has 0 aromatic heterocycles. The van der Waals surface area contributed by atoms with E-state index in [0.717, 1.165) is 23.5 Å². The van der Waals surface area contributed by atoms with Crippen molar-refractivity contribution in [2.45, 2.75) is 43.9 Å². The molecule has 178 valence electrons. The molecule has 1 aromatic rings. The minimum atomic E-state index is -4.85. The van der Waals surface area contributed by atoms with Crippen LogP contribution in [0.15, 0.2) is 18.2 Å². The van der Waals surface area contributed by atoms with Crippen LogP contribution in [-0.2, 0) is 20.5 Å². The second-order valence-electron chi connectivity index (χ2n) is 7.71. The third kappa shape index (κ3) is 5.54. The second kappa shape index (κ2) is 10.1. The van der Waals surface area contributed by atoms with Crippen LogP contribution in [0, 0.1) is 0 Å². The number of benzene rings is 1.